The predicted octanol–water partition coefficient (Wildman–Crippen LogP) is 1.84. The maximum atomic E-state index is 11.2. The van der Waals surface area contributed by atoms with Crippen molar-refractivity contribution in [3.8, 4) is 0 Å². The first-order chi connectivity index (χ1) is 11.9. The van der Waals surface area contributed by atoms with Gasteiger partial charge in [-0.3, -0.25) is 4.57 Å². The lowest BCUT2D eigenvalue weighted by atomic mass is 10.0. The Labute approximate surface area is 146 Å². The third-order valence-electron chi connectivity index (χ3n) is 4.68. The van der Waals surface area contributed by atoms with Crippen LogP contribution in [-0.2, 0) is 7.05 Å². The maximum absolute atomic E-state index is 11.2. The summed E-state index contributed by atoms with van der Waals surface area (Å²) in [5.41, 5.74) is 0.965. The highest BCUT2D eigenvalue weighted by atomic mass is 16.6. The van der Waals surface area contributed by atoms with Crippen LogP contribution in [0, 0.1) is 24.0 Å². The monoisotopic (exact) mass is 345 g/mol. The molecule has 0 atom stereocenters. The third kappa shape index (κ3) is 3.40. The average Bonchev–Trinajstić information content (AvgIpc) is 2.95. The van der Waals surface area contributed by atoms with E-state index in [0.717, 1.165) is 43.3 Å². The van der Waals surface area contributed by atoms with Crippen LogP contribution < -0.4 is 9.80 Å². The summed E-state index contributed by atoms with van der Waals surface area (Å²) in [5, 5.41) is 11.2. The molecule has 134 valence electrons. The van der Waals surface area contributed by atoms with Crippen molar-refractivity contribution in [2.45, 2.75) is 32.7 Å². The number of aryl methyl sites for hydroxylation is 3. The van der Waals surface area contributed by atoms with Crippen LogP contribution in [0.15, 0.2) is 12.4 Å². The van der Waals surface area contributed by atoms with E-state index < -0.39 is 4.92 Å². The topological polar surface area (TPSA) is 93.2 Å². The SMILES string of the molecule is Cc1cc(N2CCC(N(C)c3c([N+](=O)[O-])ncn3C)CC2)nc(C)n1. The van der Waals surface area contributed by atoms with Crippen molar-refractivity contribution >= 4 is 17.5 Å². The van der Waals surface area contributed by atoms with E-state index in [0.29, 0.717) is 5.82 Å². The minimum Gasteiger partial charge on any atom is -0.358 e. The van der Waals surface area contributed by atoms with Crippen LogP contribution in [0.25, 0.3) is 0 Å². The number of imidazole rings is 1. The van der Waals surface area contributed by atoms with Crippen LogP contribution in [0.1, 0.15) is 24.4 Å². The van der Waals surface area contributed by atoms with Crippen LogP contribution in [0.5, 0.6) is 0 Å². The Bertz CT molecular complexity index is 761. The van der Waals surface area contributed by atoms with Gasteiger partial charge in [0.15, 0.2) is 0 Å². The van der Waals surface area contributed by atoms with Crippen molar-refractivity contribution in [1.82, 2.24) is 19.5 Å². The molecule has 0 bridgehead atoms. The Morgan fingerprint density at radius 3 is 2.56 bits per heavy atom. The summed E-state index contributed by atoms with van der Waals surface area (Å²) in [6.45, 7) is 5.59. The zero-order chi connectivity index (χ0) is 18.1. The van der Waals surface area contributed by atoms with Gasteiger partial charge in [-0.25, -0.2) is 9.97 Å². The molecular weight excluding hydrogens is 322 g/mol. The molecule has 3 heterocycles. The van der Waals surface area contributed by atoms with Crippen molar-refractivity contribution in [2.24, 2.45) is 7.05 Å². The van der Waals surface area contributed by atoms with Gasteiger partial charge in [-0.1, -0.05) is 0 Å². The Morgan fingerprint density at radius 1 is 1.28 bits per heavy atom. The molecule has 9 nitrogen and oxygen atoms in total. The number of hydrogen-bond acceptors (Lipinski definition) is 7. The quantitative estimate of drug-likeness (QED) is 0.616. The lowest BCUT2D eigenvalue weighted by Crippen LogP contribution is -2.44. The highest BCUT2D eigenvalue weighted by Gasteiger charge is 2.30. The van der Waals surface area contributed by atoms with Crippen molar-refractivity contribution in [3.63, 3.8) is 0 Å². The second kappa shape index (κ2) is 6.66. The molecule has 9 heteroatoms. The van der Waals surface area contributed by atoms with Gasteiger partial charge < -0.3 is 19.9 Å². The number of piperidine rings is 1. The summed E-state index contributed by atoms with van der Waals surface area (Å²) >= 11 is 0. The average molecular weight is 345 g/mol. The number of aromatic nitrogens is 4. The van der Waals surface area contributed by atoms with Crippen LogP contribution in [-0.4, -0.2) is 50.6 Å². The van der Waals surface area contributed by atoms with E-state index in [1.165, 1.54) is 6.33 Å². The van der Waals surface area contributed by atoms with E-state index in [9.17, 15) is 10.1 Å². The standard InChI is InChI=1S/C16H23N7O2/c1-11-9-14(19-12(2)18-11)22-7-5-13(6-8-22)21(4)16-15(23(24)25)17-10-20(16)3/h9-10,13H,5-8H2,1-4H3. The summed E-state index contributed by atoms with van der Waals surface area (Å²) in [6.07, 6.45) is 3.30. The zero-order valence-electron chi connectivity index (χ0n) is 15.0. The van der Waals surface area contributed by atoms with Gasteiger partial charge in [0.1, 0.15) is 11.6 Å². The number of rotatable bonds is 4. The Morgan fingerprint density at radius 2 is 1.96 bits per heavy atom. The summed E-state index contributed by atoms with van der Waals surface area (Å²) in [4.78, 5) is 27.8. The van der Waals surface area contributed by atoms with Gasteiger partial charge in [0.2, 0.25) is 12.1 Å². The number of nitro groups is 1. The number of hydrogen-bond donors (Lipinski definition) is 0. The van der Waals surface area contributed by atoms with E-state index in [4.69, 9.17) is 0 Å². The van der Waals surface area contributed by atoms with Gasteiger partial charge in [-0.05, 0) is 36.6 Å². The highest BCUT2D eigenvalue weighted by molar-refractivity contribution is 5.55. The van der Waals surface area contributed by atoms with Crippen LogP contribution in [0.4, 0.5) is 17.5 Å². The minimum absolute atomic E-state index is 0.0884. The molecule has 0 N–H and O–H groups in total. The molecule has 0 aliphatic carbocycles. The van der Waals surface area contributed by atoms with Gasteiger partial charge >= 0.3 is 5.82 Å². The van der Waals surface area contributed by atoms with Crippen molar-refractivity contribution in [2.75, 3.05) is 29.9 Å². The molecule has 2 aromatic rings. The minimum atomic E-state index is -0.423. The molecule has 0 saturated carbocycles. The molecule has 1 saturated heterocycles. The van der Waals surface area contributed by atoms with Crippen molar-refractivity contribution < 1.29 is 4.92 Å². The Hall–Kier alpha value is -2.71. The van der Waals surface area contributed by atoms with Gasteiger partial charge in [0.25, 0.3) is 0 Å². The zero-order valence-corrected chi connectivity index (χ0v) is 15.0. The smallest absolute Gasteiger partial charge is 0.358 e. The van der Waals surface area contributed by atoms with Gasteiger partial charge in [-0.2, -0.15) is 0 Å². The molecular formula is C16H23N7O2. The van der Waals surface area contributed by atoms with Crippen LogP contribution >= 0.6 is 0 Å². The molecule has 0 amide bonds. The normalized spacial score (nSPS) is 15.4. The molecule has 0 radical (unpaired) electrons. The second-order valence-electron chi connectivity index (χ2n) is 6.50. The Kier molecular flexibility index (Phi) is 4.56. The van der Waals surface area contributed by atoms with E-state index >= 15 is 0 Å². The number of anilines is 2. The van der Waals surface area contributed by atoms with Crippen molar-refractivity contribution in [1.29, 1.82) is 0 Å². The van der Waals surface area contributed by atoms with Crippen molar-refractivity contribution in [3.05, 3.63) is 34.0 Å². The first-order valence-corrected chi connectivity index (χ1v) is 8.32. The van der Waals surface area contributed by atoms with Crippen LogP contribution in [0.2, 0.25) is 0 Å². The van der Waals surface area contributed by atoms with E-state index in [-0.39, 0.29) is 11.9 Å². The molecule has 1 fully saturated rings. The fraction of sp³-hybridized carbons (Fsp3) is 0.562. The molecule has 0 aromatic carbocycles. The highest BCUT2D eigenvalue weighted by Crippen LogP contribution is 2.30. The molecule has 25 heavy (non-hydrogen) atoms. The first-order valence-electron chi connectivity index (χ1n) is 8.32. The molecule has 3 rings (SSSR count). The molecule has 0 spiro atoms. The molecule has 0 unspecified atom stereocenters. The molecule has 1 aliphatic heterocycles. The largest absolute Gasteiger partial charge is 0.406 e. The third-order valence-corrected chi connectivity index (χ3v) is 4.68. The lowest BCUT2D eigenvalue weighted by Gasteiger charge is -2.37. The summed E-state index contributed by atoms with van der Waals surface area (Å²) in [5.74, 6) is 2.20. The summed E-state index contributed by atoms with van der Waals surface area (Å²) < 4.78 is 1.71. The van der Waals surface area contributed by atoms with Gasteiger partial charge in [0.05, 0.1) is 0 Å². The van der Waals surface area contributed by atoms with Gasteiger partial charge in [0, 0.05) is 45.0 Å². The fourth-order valence-electron chi connectivity index (χ4n) is 3.46. The molecule has 2 aromatic heterocycles. The Balaban J connectivity index is 1.72. The maximum Gasteiger partial charge on any atom is 0.406 e. The predicted molar refractivity (Wildman–Crippen MR) is 95.0 cm³/mol. The first kappa shape index (κ1) is 17.1. The van der Waals surface area contributed by atoms with Crippen LogP contribution in [0.3, 0.4) is 0 Å². The fourth-order valence-corrected chi connectivity index (χ4v) is 3.46. The van der Waals surface area contributed by atoms with E-state index in [1.807, 2.05) is 31.9 Å². The summed E-state index contributed by atoms with van der Waals surface area (Å²) in [6, 6.07) is 2.23. The number of nitrogens with zero attached hydrogens (tertiary/aromatic N) is 7. The second-order valence-corrected chi connectivity index (χ2v) is 6.50. The lowest BCUT2D eigenvalue weighted by molar-refractivity contribution is -0.388. The van der Waals surface area contributed by atoms with E-state index in [1.54, 1.807) is 11.6 Å². The molecule has 1 aliphatic rings. The summed E-state index contributed by atoms with van der Waals surface area (Å²) in [7, 11) is 3.69. The van der Waals surface area contributed by atoms with E-state index in [2.05, 4.69) is 19.9 Å². The van der Waals surface area contributed by atoms with Gasteiger partial charge in [-0.15, -0.1) is 0 Å².